The zero-order valence-corrected chi connectivity index (χ0v) is 75.5. The predicted octanol–water partition coefficient (Wildman–Crippen LogP) is 35.6. The molecule has 0 aliphatic heterocycles. The molecule has 27 rings (SSSR count). The highest BCUT2D eigenvalue weighted by atomic mass is 15.2. The van der Waals surface area contributed by atoms with Crippen molar-refractivity contribution in [1.82, 2.24) is 18.3 Å². The summed E-state index contributed by atoms with van der Waals surface area (Å²) in [5.41, 5.74) is 39.4. The van der Waals surface area contributed by atoms with E-state index in [4.69, 9.17) is 0 Å². The van der Waals surface area contributed by atoms with Gasteiger partial charge in [-0.3, -0.25) is 0 Å². The minimum absolute atomic E-state index is 0.297. The van der Waals surface area contributed by atoms with Gasteiger partial charge in [0.2, 0.25) is 0 Å². The molecule has 26 aromatic rings. The second-order valence-corrected chi connectivity index (χ2v) is 37.1. The van der Waals surface area contributed by atoms with E-state index in [0.717, 1.165) is 123 Å². The minimum Gasteiger partial charge on any atom is -0.310 e. The number of para-hydroxylation sites is 7. The van der Waals surface area contributed by atoms with Crippen molar-refractivity contribution in [3.8, 4) is 101 Å². The van der Waals surface area contributed by atoms with Crippen LogP contribution in [0, 0.1) is 0 Å². The number of hydrogen-bond donors (Lipinski definition) is 0. The predicted molar refractivity (Wildman–Crippen MR) is 578 cm³/mol. The van der Waals surface area contributed by atoms with Gasteiger partial charge in [0, 0.05) is 105 Å². The van der Waals surface area contributed by atoms with Crippen LogP contribution in [0.4, 0.5) is 34.1 Å². The van der Waals surface area contributed by atoms with Crippen molar-refractivity contribution < 1.29 is 0 Å². The fourth-order valence-electron chi connectivity index (χ4n) is 22.6. The number of rotatable bonds is 16. The van der Waals surface area contributed by atoms with Crippen molar-refractivity contribution in [3.05, 3.63) is 509 Å². The first-order valence-corrected chi connectivity index (χ1v) is 47.4. The first kappa shape index (κ1) is 79.0. The van der Waals surface area contributed by atoms with E-state index in [1.165, 1.54) is 131 Å². The molecule has 0 saturated heterocycles. The van der Waals surface area contributed by atoms with Crippen LogP contribution < -0.4 is 9.80 Å². The van der Waals surface area contributed by atoms with Crippen LogP contribution in [0.5, 0.6) is 0 Å². The SMILES string of the molecule is CC1(C)c2cc(-c3ccc4c(c3)c3ccccc3n4-c3ccccc3)ccc2-c2ccc(N(c3ccc(-c4ccc5c6ccccc6n(-c6cccc(-c7cccc8c(N(c9ccc(-c%10ccc(-c%11ccc%12c(c%11)c%11ccccc%11n%12-c%11ccccc%11)cc%10)cc9)c9ccc(-c%10ccc%11c%12ccccc%12n(-c%12ccccc%12)c%11c%10)cc9)cccc78)c6)c5c4)cc3)c3cccc4ccccc34)cc21. The van der Waals surface area contributed by atoms with Crippen molar-refractivity contribution in [2.75, 3.05) is 9.80 Å². The Balaban J connectivity index is 0.523. The second-order valence-electron chi connectivity index (χ2n) is 37.1. The molecule has 0 bridgehead atoms. The molecule has 1 aliphatic carbocycles. The highest BCUT2D eigenvalue weighted by Gasteiger charge is 2.37. The van der Waals surface area contributed by atoms with Gasteiger partial charge in [0.15, 0.2) is 0 Å². The maximum absolute atomic E-state index is 2.47. The molecule has 22 aromatic carbocycles. The Bertz CT molecular complexity index is 9330. The Hall–Kier alpha value is -17.8. The van der Waals surface area contributed by atoms with Crippen molar-refractivity contribution in [2.45, 2.75) is 19.3 Å². The highest BCUT2D eigenvalue weighted by Crippen LogP contribution is 2.54. The molecular weight excluding hydrogens is 1660 g/mol. The third-order valence-corrected chi connectivity index (χ3v) is 29.1. The fourth-order valence-corrected chi connectivity index (χ4v) is 22.6. The van der Waals surface area contributed by atoms with Gasteiger partial charge in [0.1, 0.15) is 0 Å². The van der Waals surface area contributed by atoms with Gasteiger partial charge in [-0.05, 0) is 276 Å². The van der Waals surface area contributed by atoms with Crippen LogP contribution in [0.25, 0.3) is 209 Å². The smallest absolute Gasteiger partial charge is 0.0547 e. The summed E-state index contributed by atoms with van der Waals surface area (Å²) in [6.07, 6.45) is 0. The molecule has 6 heteroatoms. The average Bonchev–Trinajstić information content (AvgIpc) is 1.55. The van der Waals surface area contributed by atoms with Crippen molar-refractivity contribution in [1.29, 1.82) is 0 Å². The second kappa shape index (κ2) is 31.7. The number of nitrogens with zero attached hydrogens (tertiary/aromatic N) is 6. The molecule has 4 heterocycles. The van der Waals surface area contributed by atoms with Crippen LogP contribution in [0.3, 0.4) is 0 Å². The van der Waals surface area contributed by atoms with Gasteiger partial charge in [0.05, 0.1) is 55.5 Å². The maximum Gasteiger partial charge on any atom is 0.0547 e. The first-order valence-electron chi connectivity index (χ1n) is 47.4. The average molecular weight is 1750 g/mol. The van der Waals surface area contributed by atoms with E-state index in [1.807, 2.05) is 0 Å². The van der Waals surface area contributed by atoms with Crippen LogP contribution >= 0.6 is 0 Å². The Morgan fingerprint density at radius 2 is 0.467 bits per heavy atom. The normalized spacial score (nSPS) is 12.4. The molecule has 642 valence electrons. The van der Waals surface area contributed by atoms with E-state index in [1.54, 1.807) is 0 Å². The monoisotopic (exact) mass is 1740 g/mol. The van der Waals surface area contributed by atoms with Gasteiger partial charge in [0.25, 0.3) is 0 Å². The fraction of sp³-hybridized carbons (Fsp3) is 0.0229. The van der Waals surface area contributed by atoms with E-state index in [9.17, 15) is 0 Å². The summed E-state index contributed by atoms with van der Waals surface area (Å²) in [6.45, 7) is 4.82. The van der Waals surface area contributed by atoms with Gasteiger partial charge in [-0.2, -0.15) is 0 Å². The van der Waals surface area contributed by atoms with E-state index in [2.05, 4.69) is 539 Å². The van der Waals surface area contributed by atoms with Crippen molar-refractivity contribution >= 4 is 143 Å². The summed E-state index contributed by atoms with van der Waals surface area (Å²) in [6, 6.07) is 185. The lowest BCUT2D eigenvalue weighted by atomic mass is 9.81. The van der Waals surface area contributed by atoms with Gasteiger partial charge in [-0.1, -0.05) is 335 Å². The number of benzene rings is 22. The van der Waals surface area contributed by atoms with Gasteiger partial charge in [-0.15, -0.1) is 0 Å². The zero-order valence-electron chi connectivity index (χ0n) is 75.5. The molecule has 0 fully saturated rings. The Morgan fingerprint density at radius 1 is 0.161 bits per heavy atom. The first-order chi connectivity index (χ1) is 67.7. The minimum atomic E-state index is -0.297. The van der Waals surface area contributed by atoms with E-state index in [-0.39, 0.29) is 5.41 Å². The summed E-state index contributed by atoms with van der Waals surface area (Å²) in [4.78, 5) is 4.92. The third-order valence-electron chi connectivity index (χ3n) is 29.1. The number of fused-ring (bicyclic) bond motifs is 17. The lowest BCUT2D eigenvalue weighted by Gasteiger charge is -2.29. The summed E-state index contributed by atoms with van der Waals surface area (Å²) >= 11 is 0. The largest absolute Gasteiger partial charge is 0.310 e. The van der Waals surface area contributed by atoms with Gasteiger partial charge in [-0.25, -0.2) is 0 Å². The Kier molecular flexibility index (Phi) is 18.3. The van der Waals surface area contributed by atoms with Crippen molar-refractivity contribution in [3.63, 3.8) is 0 Å². The molecule has 0 unspecified atom stereocenters. The molecule has 137 heavy (non-hydrogen) atoms. The molecule has 0 saturated carbocycles. The maximum atomic E-state index is 2.47. The summed E-state index contributed by atoms with van der Waals surface area (Å²) in [7, 11) is 0. The summed E-state index contributed by atoms with van der Waals surface area (Å²) in [5.74, 6) is 0. The molecule has 0 atom stereocenters. The van der Waals surface area contributed by atoms with Crippen LogP contribution in [-0.4, -0.2) is 18.3 Å². The van der Waals surface area contributed by atoms with E-state index >= 15 is 0 Å². The van der Waals surface area contributed by atoms with Crippen LogP contribution in [0.15, 0.2) is 497 Å². The molecule has 0 radical (unpaired) electrons. The van der Waals surface area contributed by atoms with Crippen LogP contribution in [-0.2, 0) is 5.41 Å². The molecule has 6 nitrogen and oxygen atoms in total. The summed E-state index contributed by atoms with van der Waals surface area (Å²) < 4.78 is 9.65. The topological polar surface area (TPSA) is 26.2 Å². The van der Waals surface area contributed by atoms with Crippen molar-refractivity contribution in [2.24, 2.45) is 0 Å². The van der Waals surface area contributed by atoms with Gasteiger partial charge >= 0.3 is 0 Å². The number of aromatic nitrogens is 4. The molecule has 0 spiro atoms. The molecule has 0 N–H and O–H groups in total. The lowest BCUT2D eigenvalue weighted by molar-refractivity contribution is 0.660. The number of hydrogen-bond acceptors (Lipinski definition) is 2. The Morgan fingerprint density at radius 3 is 0.985 bits per heavy atom. The van der Waals surface area contributed by atoms with E-state index < -0.39 is 0 Å². The third kappa shape index (κ3) is 12.9. The molecular formula is C131H88N6. The molecule has 4 aromatic heterocycles. The summed E-state index contributed by atoms with van der Waals surface area (Å²) in [5, 5.41) is 14.5. The zero-order chi connectivity index (χ0) is 90.5. The standard InChI is InChI=1S/C131H88N6/c1-131(2)119-81-93(92-64-77-128-118(80-92)114-40-17-21-47-126(114)135(128)98-31-8-4-9-32-98)60-72-108(119)109-75-71-104(84-120(109)131)133(121-48-23-27-90-26-12-13-36-106(90)121)102-69-58-89(59-70-102)95-62-74-116-112-38-15-19-45-124(112)137(130(116)83-95)103-35-22-28-96(78-103)105-41-24-43-110-107(105)42-25-49-122(110)132(101-67-56-88(57-68-101)94-61-73-115-111-37-14-18-44-123(111)136(129(115)82-94)99-33-10-5-11-34-99)100-65-54-86(55-66-100)85-50-52-87(53-51-85)91-63-76-127-117(79-91)113-39-16-20-46-125(113)134(127)97-29-6-3-7-30-97/h3-84H,1-2H3. The number of anilines is 6. The quantitative estimate of drug-likeness (QED) is 0.0964. The van der Waals surface area contributed by atoms with Gasteiger partial charge < -0.3 is 28.1 Å². The molecule has 1 aliphatic rings. The lowest BCUT2D eigenvalue weighted by Crippen LogP contribution is -2.16. The molecule has 0 amide bonds. The highest BCUT2D eigenvalue weighted by molar-refractivity contribution is 6.15. The van der Waals surface area contributed by atoms with E-state index in [0.29, 0.717) is 0 Å². The Labute approximate surface area is 793 Å². The van der Waals surface area contributed by atoms with Crippen LogP contribution in [0.1, 0.15) is 25.0 Å². The van der Waals surface area contributed by atoms with Crippen LogP contribution in [0.2, 0.25) is 0 Å².